The van der Waals surface area contributed by atoms with Gasteiger partial charge in [0.25, 0.3) is 0 Å². The molecule has 0 aliphatic rings. The van der Waals surface area contributed by atoms with Gasteiger partial charge in [0.05, 0.1) is 11.6 Å². The zero-order valence-electron chi connectivity index (χ0n) is 6.01. The van der Waals surface area contributed by atoms with E-state index in [4.69, 9.17) is 10.8 Å². The zero-order valence-corrected chi connectivity index (χ0v) is 6.01. The van der Waals surface area contributed by atoms with Crippen molar-refractivity contribution in [3.05, 3.63) is 0 Å². The molecule has 3 nitrogen and oxygen atoms in total. The fourth-order valence-corrected chi connectivity index (χ4v) is 0.497. The van der Waals surface area contributed by atoms with Gasteiger partial charge >= 0.3 is 0 Å². The molecule has 54 valence electrons. The standard InChI is InChI=1S/C6H13NO2/c1-4(8)5(7)6(2,3)9/h5,9H,7H2,1-3H3/t5-/m0/s1. The van der Waals surface area contributed by atoms with Gasteiger partial charge in [-0.2, -0.15) is 0 Å². The topological polar surface area (TPSA) is 63.3 Å². The van der Waals surface area contributed by atoms with Crippen molar-refractivity contribution in [3.8, 4) is 0 Å². The number of carbonyl (C=O) groups excluding carboxylic acids is 1. The fourth-order valence-electron chi connectivity index (χ4n) is 0.497. The summed E-state index contributed by atoms with van der Waals surface area (Å²) in [4.78, 5) is 10.5. The van der Waals surface area contributed by atoms with Crippen molar-refractivity contribution in [2.75, 3.05) is 0 Å². The van der Waals surface area contributed by atoms with E-state index in [1.54, 1.807) is 0 Å². The Morgan fingerprint density at radius 3 is 2.00 bits per heavy atom. The minimum atomic E-state index is -1.09. The third-order valence-corrected chi connectivity index (χ3v) is 1.20. The number of hydrogen-bond donors (Lipinski definition) is 2. The molecule has 0 rings (SSSR count). The van der Waals surface area contributed by atoms with Gasteiger partial charge in [-0.25, -0.2) is 0 Å². The van der Waals surface area contributed by atoms with Gasteiger partial charge in [-0.1, -0.05) is 0 Å². The maximum Gasteiger partial charge on any atom is 0.149 e. The van der Waals surface area contributed by atoms with E-state index in [9.17, 15) is 4.79 Å². The average Bonchev–Trinajstić information content (AvgIpc) is 1.62. The van der Waals surface area contributed by atoms with Gasteiger partial charge < -0.3 is 10.8 Å². The molecule has 3 N–H and O–H groups in total. The summed E-state index contributed by atoms with van der Waals surface area (Å²) >= 11 is 0. The van der Waals surface area contributed by atoms with Crippen LogP contribution in [0.3, 0.4) is 0 Å². The molecule has 0 saturated heterocycles. The first-order chi connectivity index (χ1) is 3.85. The van der Waals surface area contributed by atoms with Crippen LogP contribution in [0.25, 0.3) is 0 Å². The lowest BCUT2D eigenvalue weighted by atomic mass is 9.97. The van der Waals surface area contributed by atoms with E-state index in [0.29, 0.717) is 0 Å². The third kappa shape index (κ3) is 2.58. The number of aliphatic hydroxyl groups is 1. The van der Waals surface area contributed by atoms with E-state index < -0.39 is 11.6 Å². The molecule has 0 saturated carbocycles. The summed E-state index contributed by atoms with van der Waals surface area (Å²) < 4.78 is 0. The maximum absolute atomic E-state index is 10.5. The van der Waals surface area contributed by atoms with Crippen LogP contribution in [0, 0.1) is 0 Å². The summed E-state index contributed by atoms with van der Waals surface area (Å²) in [6.07, 6.45) is 0. The Bertz CT molecular complexity index is 115. The van der Waals surface area contributed by atoms with Gasteiger partial charge in [0.15, 0.2) is 0 Å². The molecule has 3 heteroatoms. The number of carbonyl (C=O) groups is 1. The van der Waals surface area contributed by atoms with Gasteiger partial charge in [-0.3, -0.25) is 4.79 Å². The van der Waals surface area contributed by atoms with Crippen molar-refractivity contribution < 1.29 is 9.90 Å². The molecule has 0 aromatic rings. The molecule has 0 aliphatic heterocycles. The van der Waals surface area contributed by atoms with Crippen LogP contribution in [0.5, 0.6) is 0 Å². The molecule has 0 unspecified atom stereocenters. The van der Waals surface area contributed by atoms with Crippen molar-refractivity contribution in [2.45, 2.75) is 32.4 Å². The Morgan fingerprint density at radius 2 is 2.00 bits per heavy atom. The predicted octanol–water partition coefficient (Wildman–Crippen LogP) is -0.326. The lowest BCUT2D eigenvalue weighted by Crippen LogP contribution is -2.47. The maximum atomic E-state index is 10.5. The molecule has 0 aliphatic carbocycles. The van der Waals surface area contributed by atoms with Crippen molar-refractivity contribution in [2.24, 2.45) is 5.73 Å². The van der Waals surface area contributed by atoms with Crippen LogP contribution in [0.15, 0.2) is 0 Å². The summed E-state index contributed by atoms with van der Waals surface area (Å²) in [5.41, 5.74) is 4.20. The molecule has 0 radical (unpaired) electrons. The Morgan fingerprint density at radius 1 is 1.67 bits per heavy atom. The monoisotopic (exact) mass is 131 g/mol. The highest BCUT2D eigenvalue weighted by Gasteiger charge is 2.26. The molecular weight excluding hydrogens is 118 g/mol. The number of rotatable bonds is 2. The van der Waals surface area contributed by atoms with E-state index >= 15 is 0 Å². The van der Waals surface area contributed by atoms with Crippen LogP contribution in [-0.4, -0.2) is 22.5 Å². The second-order valence-electron chi connectivity index (χ2n) is 2.74. The summed E-state index contributed by atoms with van der Waals surface area (Å²) in [6.45, 7) is 4.39. The highest BCUT2D eigenvalue weighted by molar-refractivity contribution is 5.82. The number of ketones is 1. The second kappa shape index (κ2) is 2.45. The molecule has 0 heterocycles. The summed E-state index contributed by atoms with van der Waals surface area (Å²) in [6, 6.07) is -0.766. The largest absolute Gasteiger partial charge is 0.388 e. The molecular formula is C6H13NO2. The lowest BCUT2D eigenvalue weighted by molar-refractivity contribution is -0.122. The van der Waals surface area contributed by atoms with E-state index in [1.165, 1.54) is 20.8 Å². The third-order valence-electron chi connectivity index (χ3n) is 1.20. The van der Waals surface area contributed by atoms with Crippen LogP contribution in [0.2, 0.25) is 0 Å². The van der Waals surface area contributed by atoms with Crippen molar-refractivity contribution >= 4 is 5.78 Å². The fraction of sp³-hybridized carbons (Fsp3) is 0.833. The van der Waals surface area contributed by atoms with Crippen LogP contribution < -0.4 is 5.73 Å². The Balaban J connectivity index is 4.04. The van der Waals surface area contributed by atoms with Crippen LogP contribution in [0.4, 0.5) is 0 Å². The average molecular weight is 131 g/mol. The van der Waals surface area contributed by atoms with Gasteiger partial charge in [-0.15, -0.1) is 0 Å². The number of nitrogens with two attached hydrogens (primary N) is 1. The zero-order chi connectivity index (χ0) is 7.65. The molecule has 0 fully saturated rings. The van der Waals surface area contributed by atoms with Gasteiger partial charge in [0.2, 0.25) is 0 Å². The number of Topliss-reactive ketones (excluding diaryl/α,β-unsaturated/α-hetero) is 1. The minimum Gasteiger partial charge on any atom is -0.388 e. The SMILES string of the molecule is CC(=O)[C@H](N)C(C)(C)O. The quantitative estimate of drug-likeness (QED) is 0.539. The summed E-state index contributed by atoms with van der Waals surface area (Å²) in [5.74, 6) is -0.192. The summed E-state index contributed by atoms with van der Waals surface area (Å²) in [5, 5.41) is 9.11. The minimum absolute atomic E-state index is 0.192. The molecule has 0 amide bonds. The van der Waals surface area contributed by atoms with Gasteiger partial charge in [0.1, 0.15) is 5.78 Å². The first-order valence-corrected chi connectivity index (χ1v) is 2.84. The lowest BCUT2D eigenvalue weighted by Gasteiger charge is -2.22. The van der Waals surface area contributed by atoms with Crippen molar-refractivity contribution in [1.29, 1.82) is 0 Å². The normalized spacial score (nSPS) is 15.2. The van der Waals surface area contributed by atoms with E-state index in [0.717, 1.165) is 0 Å². The highest BCUT2D eigenvalue weighted by atomic mass is 16.3. The number of hydrogen-bond acceptors (Lipinski definition) is 3. The van der Waals surface area contributed by atoms with E-state index in [-0.39, 0.29) is 5.78 Å². The molecule has 9 heavy (non-hydrogen) atoms. The molecule has 0 aromatic heterocycles. The van der Waals surface area contributed by atoms with Gasteiger partial charge in [0, 0.05) is 0 Å². The molecule has 0 bridgehead atoms. The second-order valence-corrected chi connectivity index (χ2v) is 2.74. The highest BCUT2D eigenvalue weighted by Crippen LogP contribution is 2.05. The van der Waals surface area contributed by atoms with E-state index in [1.807, 2.05) is 0 Å². The van der Waals surface area contributed by atoms with Crippen molar-refractivity contribution in [3.63, 3.8) is 0 Å². The first kappa shape index (κ1) is 8.59. The Hall–Kier alpha value is -0.410. The van der Waals surface area contributed by atoms with Crippen molar-refractivity contribution in [1.82, 2.24) is 0 Å². The Labute approximate surface area is 54.9 Å². The predicted molar refractivity (Wildman–Crippen MR) is 35.0 cm³/mol. The van der Waals surface area contributed by atoms with Crippen LogP contribution in [0.1, 0.15) is 20.8 Å². The van der Waals surface area contributed by atoms with Gasteiger partial charge in [-0.05, 0) is 20.8 Å². The van der Waals surface area contributed by atoms with E-state index in [2.05, 4.69) is 0 Å². The summed E-state index contributed by atoms with van der Waals surface area (Å²) in [7, 11) is 0. The Kier molecular flexibility index (Phi) is 2.34. The smallest absolute Gasteiger partial charge is 0.149 e. The molecule has 0 spiro atoms. The molecule has 0 aromatic carbocycles. The molecule has 1 atom stereocenters. The first-order valence-electron chi connectivity index (χ1n) is 2.84. The van der Waals surface area contributed by atoms with Crippen LogP contribution >= 0.6 is 0 Å². The van der Waals surface area contributed by atoms with Crippen LogP contribution in [-0.2, 0) is 4.79 Å².